The van der Waals surface area contributed by atoms with E-state index in [0.29, 0.717) is 0 Å². The van der Waals surface area contributed by atoms with Crippen LogP contribution in [-0.4, -0.2) is 10.9 Å². The number of pyridine rings is 1. The van der Waals surface area contributed by atoms with Crippen molar-refractivity contribution >= 4 is 22.5 Å². The van der Waals surface area contributed by atoms with Gasteiger partial charge in [0.2, 0.25) is 5.91 Å². The molecule has 0 saturated carbocycles. The van der Waals surface area contributed by atoms with Crippen LogP contribution in [0.1, 0.15) is 11.3 Å². The monoisotopic (exact) mass is 276 g/mol. The van der Waals surface area contributed by atoms with E-state index in [-0.39, 0.29) is 12.3 Å². The topological polar surface area (TPSA) is 42.0 Å². The van der Waals surface area contributed by atoms with Gasteiger partial charge in [0.15, 0.2) is 0 Å². The third kappa shape index (κ3) is 3.08. The summed E-state index contributed by atoms with van der Waals surface area (Å²) >= 11 is 0. The van der Waals surface area contributed by atoms with Gasteiger partial charge in [0, 0.05) is 11.1 Å². The molecule has 1 heterocycles. The first-order valence-electron chi connectivity index (χ1n) is 6.92. The normalized spacial score (nSPS) is 10.5. The standard InChI is InChI=1S/C18H16N2O/c1-13-6-5-7-14-10-11-16(20-18(13)14)12-17(21)19-15-8-3-2-4-9-15/h2-11H,12H2,1H3,(H,19,21). The number of hydrogen-bond acceptors (Lipinski definition) is 2. The summed E-state index contributed by atoms with van der Waals surface area (Å²) in [7, 11) is 0. The molecule has 2 aromatic carbocycles. The van der Waals surface area contributed by atoms with Crippen LogP contribution >= 0.6 is 0 Å². The van der Waals surface area contributed by atoms with E-state index in [9.17, 15) is 4.79 Å². The minimum absolute atomic E-state index is 0.0540. The summed E-state index contributed by atoms with van der Waals surface area (Å²) in [5.41, 5.74) is 3.67. The van der Waals surface area contributed by atoms with Gasteiger partial charge in [-0.2, -0.15) is 0 Å². The average molecular weight is 276 g/mol. The molecule has 0 spiro atoms. The number of amides is 1. The summed E-state index contributed by atoms with van der Waals surface area (Å²) in [6.07, 6.45) is 0.277. The van der Waals surface area contributed by atoms with Crippen molar-refractivity contribution in [2.75, 3.05) is 5.32 Å². The number of carbonyl (C=O) groups excluding carboxylic acids is 1. The highest BCUT2D eigenvalue weighted by Crippen LogP contribution is 2.17. The lowest BCUT2D eigenvalue weighted by Crippen LogP contribution is -2.15. The number of nitrogens with zero attached hydrogens (tertiary/aromatic N) is 1. The van der Waals surface area contributed by atoms with Crippen molar-refractivity contribution in [2.45, 2.75) is 13.3 Å². The zero-order chi connectivity index (χ0) is 14.7. The number of hydrogen-bond donors (Lipinski definition) is 1. The van der Waals surface area contributed by atoms with Crippen LogP contribution in [-0.2, 0) is 11.2 Å². The lowest BCUT2D eigenvalue weighted by atomic mass is 10.1. The Morgan fingerprint density at radius 3 is 2.62 bits per heavy atom. The molecule has 0 fully saturated rings. The summed E-state index contributed by atoms with van der Waals surface area (Å²) in [4.78, 5) is 16.6. The number of rotatable bonds is 3. The van der Waals surface area contributed by atoms with Gasteiger partial charge in [0.05, 0.1) is 17.6 Å². The Kier molecular flexibility index (Phi) is 3.65. The number of benzene rings is 2. The van der Waals surface area contributed by atoms with Crippen LogP contribution in [0.5, 0.6) is 0 Å². The second kappa shape index (κ2) is 5.75. The molecular weight excluding hydrogens is 260 g/mol. The molecule has 3 aromatic rings. The van der Waals surface area contributed by atoms with Crippen LogP contribution in [0, 0.1) is 6.92 Å². The van der Waals surface area contributed by atoms with Crippen LogP contribution < -0.4 is 5.32 Å². The molecule has 1 N–H and O–H groups in total. The molecular formula is C18H16N2O. The van der Waals surface area contributed by atoms with Crippen LogP contribution in [0.4, 0.5) is 5.69 Å². The molecule has 1 amide bonds. The fourth-order valence-electron chi connectivity index (χ4n) is 2.33. The van der Waals surface area contributed by atoms with E-state index in [1.54, 1.807) is 0 Å². The molecule has 0 bridgehead atoms. The summed E-state index contributed by atoms with van der Waals surface area (Å²) < 4.78 is 0. The van der Waals surface area contributed by atoms with Gasteiger partial charge >= 0.3 is 0 Å². The second-order valence-corrected chi connectivity index (χ2v) is 5.04. The number of nitrogens with one attached hydrogen (secondary N) is 1. The molecule has 0 saturated heterocycles. The quantitative estimate of drug-likeness (QED) is 0.792. The first-order chi connectivity index (χ1) is 10.2. The highest BCUT2D eigenvalue weighted by atomic mass is 16.1. The SMILES string of the molecule is Cc1cccc2ccc(CC(=O)Nc3ccccc3)nc12. The molecule has 0 unspecified atom stereocenters. The van der Waals surface area contributed by atoms with Crippen molar-refractivity contribution in [3.05, 3.63) is 71.9 Å². The predicted molar refractivity (Wildman–Crippen MR) is 85.3 cm³/mol. The van der Waals surface area contributed by atoms with Crippen molar-refractivity contribution < 1.29 is 4.79 Å². The zero-order valence-electron chi connectivity index (χ0n) is 11.8. The van der Waals surface area contributed by atoms with Crippen LogP contribution in [0.3, 0.4) is 0 Å². The van der Waals surface area contributed by atoms with Crippen molar-refractivity contribution in [3.63, 3.8) is 0 Å². The summed E-state index contributed by atoms with van der Waals surface area (Å²) in [6, 6.07) is 19.5. The number of aryl methyl sites for hydroxylation is 1. The first kappa shape index (κ1) is 13.3. The molecule has 1 aromatic heterocycles. The van der Waals surface area contributed by atoms with Crippen molar-refractivity contribution in [1.29, 1.82) is 0 Å². The van der Waals surface area contributed by atoms with Gasteiger partial charge in [-0.1, -0.05) is 42.5 Å². The lowest BCUT2D eigenvalue weighted by Gasteiger charge is -2.06. The van der Waals surface area contributed by atoms with Crippen molar-refractivity contribution in [3.8, 4) is 0 Å². The van der Waals surface area contributed by atoms with E-state index in [1.165, 1.54) is 0 Å². The minimum Gasteiger partial charge on any atom is -0.326 e. The molecule has 21 heavy (non-hydrogen) atoms. The molecule has 3 rings (SSSR count). The van der Waals surface area contributed by atoms with Crippen molar-refractivity contribution in [1.82, 2.24) is 4.98 Å². The third-order valence-corrected chi connectivity index (χ3v) is 3.38. The average Bonchev–Trinajstić information content (AvgIpc) is 2.49. The van der Waals surface area contributed by atoms with E-state index in [1.807, 2.05) is 67.6 Å². The fraction of sp³-hybridized carbons (Fsp3) is 0.111. The van der Waals surface area contributed by atoms with E-state index in [4.69, 9.17) is 0 Å². The Bertz CT molecular complexity index is 782. The summed E-state index contributed by atoms with van der Waals surface area (Å²) in [5, 5.41) is 3.97. The number of anilines is 1. The number of aromatic nitrogens is 1. The lowest BCUT2D eigenvalue weighted by molar-refractivity contribution is -0.115. The Morgan fingerprint density at radius 2 is 1.81 bits per heavy atom. The molecule has 3 heteroatoms. The van der Waals surface area contributed by atoms with Crippen LogP contribution in [0.2, 0.25) is 0 Å². The van der Waals surface area contributed by atoms with E-state index < -0.39 is 0 Å². The molecule has 3 nitrogen and oxygen atoms in total. The maximum absolute atomic E-state index is 12.1. The summed E-state index contributed by atoms with van der Waals surface area (Å²) in [6.45, 7) is 2.03. The van der Waals surface area contributed by atoms with Gasteiger partial charge in [-0.15, -0.1) is 0 Å². The second-order valence-electron chi connectivity index (χ2n) is 5.04. The van der Waals surface area contributed by atoms with Gasteiger partial charge in [0.1, 0.15) is 0 Å². The third-order valence-electron chi connectivity index (χ3n) is 3.38. The van der Waals surface area contributed by atoms with Gasteiger partial charge in [-0.25, -0.2) is 0 Å². The smallest absolute Gasteiger partial charge is 0.230 e. The molecule has 0 aliphatic carbocycles. The summed E-state index contributed by atoms with van der Waals surface area (Å²) in [5.74, 6) is -0.0540. The number of carbonyl (C=O) groups is 1. The van der Waals surface area contributed by atoms with Gasteiger partial charge < -0.3 is 5.32 Å². The highest BCUT2D eigenvalue weighted by Gasteiger charge is 2.07. The van der Waals surface area contributed by atoms with E-state index in [2.05, 4.69) is 10.3 Å². The minimum atomic E-state index is -0.0540. The largest absolute Gasteiger partial charge is 0.326 e. The van der Waals surface area contributed by atoms with E-state index in [0.717, 1.165) is 27.8 Å². The molecule has 0 radical (unpaired) electrons. The molecule has 0 aliphatic heterocycles. The fourth-order valence-corrected chi connectivity index (χ4v) is 2.33. The Labute approximate surface area is 123 Å². The number of para-hydroxylation sites is 2. The Morgan fingerprint density at radius 1 is 1.00 bits per heavy atom. The predicted octanol–water partition coefficient (Wildman–Crippen LogP) is 3.72. The molecule has 0 aliphatic rings. The maximum atomic E-state index is 12.1. The highest BCUT2D eigenvalue weighted by molar-refractivity contribution is 5.92. The van der Waals surface area contributed by atoms with Gasteiger partial charge in [-0.05, 0) is 30.7 Å². The number of fused-ring (bicyclic) bond motifs is 1. The maximum Gasteiger partial charge on any atom is 0.230 e. The Hall–Kier alpha value is -2.68. The molecule has 104 valence electrons. The van der Waals surface area contributed by atoms with Crippen LogP contribution in [0.15, 0.2) is 60.7 Å². The van der Waals surface area contributed by atoms with Crippen LogP contribution in [0.25, 0.3) is 10.9 Å². The zero-order valence-corrected chi connectivity index (χ0v) is 11.8. The van der Waals surface area contributed by atoms with E-state index >= 15 is 0 Å². The first-order valence-corrected chi connectivity index (χ1v) is 6.92. The van der Waals surface area contributed by atoms with Crippen molar-refractivity contribution in [2.24, 2.45) is 0 Å². The van der Waals surface area contributed by atoms with Gasteiger partial charge in [-0.3, -0.25) is 9.78 Å². The Balaban J connectivity index is 1.78. The molecule has 0 atom stereocenters. The van der Waals surface area contributed by atoms with Gasteiger partial charge in [0.25, 0.3) is 0 Å².